The summed E-state index contributed by atoms with van der Waals surface area (Å²) in [6.45, 7) is 3.86. The van der Waals surface area contributed by atoms with Crippen LogP contribution in [0.3, 0.4) is 0 Å². The van der Waals surface area contributed by atoms with Gasteiger partial charge >= 0.3 is 0 Å². The summed E-state index contributed by atoms with van der Waals surface area (Å²) in [5, 5.41) is 4.96. The second-order valence-electron chi connectivity index (χ2n) is 7.62. The molecule has 1 amide bonds. The maximum absolute atomic E-state index is 12.6. The van der Waals surface area contributed by atoms with Crippen LogP contribution >= 0.6 is 0 Å². The van der Waals surface area contributed by atoms with Crippen molar-refractivity contribution in [2.24, 2.45) is 5.92 Å². The Labute approximate surface area is 161 Å². The molecular weight excluding hydrogens is 360 g/mol. The average molecular weight is 389 g/mol. The number of hydrogen-bond acceptors (Lipinski definition) is 3. The summed E-state index contributed by atoms with van der Waals surface area (Å²) in [6, 6.07) is 14.2. The largest absolute Gasteiger partial charge is 0.352 e. The Hall–Kier alpha value is -1.92. The molecule has 5 nitrogen and oxygen atoms in total. The van der Waals surface area contributed by atoms with E-state index >= 15 is 0 Å². The summed E-state index contributed by atoms with van der Waals surface area (Å²) in [7, 11) is -3.25. The van der Waals surface area contributed by atoms with E-state index in [1.165, 1.54) is 5.39 Å². The highest BCUT2D eigenvalue weighted by Gasteiger charge is 2.29. The van der Waals surface area contributed by atoms with E-state index in [0.717, 1.165) is 10.9 Å². The van der Waals surface area contributed by atoms with Crippen molar-refractivity contribution in [3.8, 4) is 0 Å². The Morgan fingerprint density at radius 1 is 1.04 bits per heavy atom. The van der Waals surface area contributed by atoms with E-state index in [0.29, 0.717) is 32.2 Å². The third-order valence-corrected chi connectivity index (χ3v) is 7.29. The highest BCUT2D eigenvalue weighted by atomic mass is 32.2. The third kappa shape index (κ3) is 4.87. The van der Waals surface area contributed by atoms with Gasteiger partial charge in [-0.2, -0.15) is 0 Å². The lowest BCUT2D eigenvalue weighted by molar-refractivity contribution is -0.126. The Kier molecular flexibility index (Phi) is 6.17. The number of sulfonamides is 1. The first-order chi connectivity index (χ1) is 12.9. The number of fused-ring (bicyclic) bond motifs is 1. The van der Waals surface area contributed by atoms with Crippen LogP contribution in [-0.4, -0.2) is 25.6 Å². The van der Waals surface area contributed by atoms with Gasteiger partial charge in [-0.3, -0.25) is 4.79 Å². The van der Waals surface area contributed by atoms with Crippen LogP contribution in [0.4, 0.5) is 0 Å². The molecule has 0 bridgehead atoms. The van der Waals surface area contributed by atoms with Crippen LogP contribution in [0.2, 0.25) is 0 Å². The summed E-state index contributed by atoms with van der Waals surface area (Å²) < 4.78 is 26.8. The SMILES string of the molecule is CC(C)S(=O)(=O)NC1CCC(C(=O)NCc2cccc3ccccc23)CC1. The molecule has 2 N–H and O–H groups in total. The molecule has 2 aromatic carbocycles. The van der Waals surface area contributed by atoms with E-state index < -0.39 is 15.3 Å². The summed E-state index contributed by atoms with van der Waals surface area (Å²) >= 11 is 0. The second-order valence-corrected chi connectivity index (χ2v) is 9.88. The minimum Gasteiger partial charge on any atom is -0.352 e. The lowest BCUT2D eigenvalue weighted by atomic mass is 9.86. The van der Waals surface area contributed by atoms with Crippen molar-refractivity contribution < 1.29 is 13.2 Å². The Balaban J connectivity index is 1.53. The van der Waals surface area contributed by atoms with Crippen molar-refractivity contribution >= 4 is 26.7 Å². The normalized spacial score (nSPS) is 20.7. The number of rotatable bonds is 6. The second kappa shape index (κ2) is 8.40. The minimum atomic E-state index is -3.25. The van der Waals surface area contributed by atoms with Gasteiger partial charge < -0.3 is 5.32 Å². The van der Waals surface area contributed by atoms with Gasteiger partial charge in [-0.25, -0.2) is 13.1 Å². The number of nitrogens with one attached hydrogen (secondary N) is 2. The van der Waals surface area contributed by atoms with E-state index in [2.05, 4.69) is 28.2 Å². The summed E-state index contributed by atoms with van der Waals surface area (Å²) in [6.07, 6.45) is 2.84. The van der Waals surface area contributed by atoms with Crippen LogP contribution in [-0.2, 0) is 21.4 Å². The molecule has 0 saturated heterocycles. The van der Waals surface area contributed by atoms with Gasteiger partial charge in [0.25, 0.3) is 0 Å². The van der Waals surface area contributed by atoms with Crippen LogP contribution in [0.15, 0.2) is 42.5 Å². The maximum Gasteiger partial charge on any atom is 0.223 e. The Morgan fingerprint density at radius 3 is 2.41 bits per heavy atom. The molecule has 6 heteroatoms. The van der Waals surface area contributed by atoms with E-state index in [1.807, 2.05) is 24.3 Å². The summed E-state index contributed by atoms with van der Waals surface area (Å²) in [5.41, 5.74) is 1.11. The van der Waals surface area contributed by atoms with E-state index in [9.17, 15) is 13.2 Å². The highest BCUT2D eigenvalue weighted by molar-refractivity contribution is 7.90. The Morgan fingerprint density at radius 2 is 1.70 bits per heavy atom. The fourth-order valence-electron chi connectivity index (χ4n) is 3.62. The number of carbonyl (C=O) groups is 1. The highest BCUT2D eigenvalue weighted by Crippen LogP contribution is 2.26. The molecule has 1 aliphatic rings. The monoisotopic (exact) mass is 388 g/mol. The van der Waals surface area contributed by atoms with Gasteiger partial charge in [-0.15, -0.1) is 0 Å². The molecular formula is C21H28N2O3S. The van der Waals surface area contributed by atoms with Crippen LogP contribution < -0.4 is 10.0 Å². The van der Waals surface area contributed by atoms with Crippen molar-refractivity contribution in [3.05, 3.63) is 48.0 Å². The lowest BCUT2D eigenvalue weighted by Gasteiger charge is -2.28. The predicted molar refractivity (Wildman–Crippen MR) is 109 cm³/mol. The fourth-order valence-corrected chi connectivity index (χ4v) is 4.59. The number of carbonyl (C=O) groups excluding carboxylic acids is 1. The topological polar surface area (TPSA) is 75.3 Å². The molecule has 0 heterocycles. The smallest absolute Gasteiger partial charge is 0.223 e. The quantitative estimate of drug-likeness (QED) is 0.797. The van der Waals surface area contributed by atoms with Crippen LogP contribution in [0.5, 0.6) is 0 Å². The zero-order valence-electron chi connectivity index (χ0n) is 15.9. The third-order valence-electron chi connectivity index (χ3n) is 5.38. The summed E-state index contributed by atoms with van der Waals surface area (Å²) in [4.78, 5) is 12.6. The van der Waals surface area contributed by atoms with Gasteiger partial charge in [0, 0.05) is 18.5 Å². The first-order valence-corrected chi connectivity index (χ1v) is 11.2. The molecule has 1 aliphatic carbocycles. The molecule has 1 saturated carbocycles. The van der Waals surface area contributed by atoms with Crippen LogP contribution in [0.1, 0.15) is 45.1 Å². The molecule has 1 fully saturated rings. The van der Waals surface area contributed by atoms with Crippen molar-refractivity contribution in [2.75, 3.05) is 0 Å². The molecule has 3 rings (SSSR count). The van der Waals surface area contributed by atoms with E-state index in [4.69, 9.17) is 0 Å². The van der Waals surface area contributed by atoms with Crippen molar-refractivity contribution in [1.29, 1.82) is 0 Å². The fraction of sp³-hybridized carbons (Fsp3) is 0.476. The number of benzene rings is 2. The summed E-state index contributed by atoms with van der Waals surface area (Å²) in [5.74, 6) is 0.0212. The Bertz CT molecular complexity index is 895. The number of amides is 1. The predicted octanol–water partition coefficient (Wildman–Crippen LogP) is 3.34. The molecule has 0 aliphatic heterocycles. The van der Waals surface area contributed by atoms with Gasteiger partial charge in [0.1, 0.15) is 0 Å². The first kappa shape index (κ1) is 19.8. The molecule has 0 unspecified atom stereocenters. The molecule has 2 aromatic rings. The van der Waals surface area contributed by atoms with Crippen molar-refractivity contribution in [1.82, 2.24) is 10.0 Å². The van der Waals surface area contributed by atoms with Crippen LogP contribution in [0, 0.1) is 5.92 Å². The molecule has 0 radical (unpaired) electrons. The standard InChI is InChI=1S/C21H28N2O3S/c1-15(2)27(25,26)23-19-12-10-17(11-13-19)21(24)22-14-18-8-5-7-16-6-3-4-9-20(16)18/h3-9,15,17,19,23H,10-14H2,1-2H3,(H,22,24). The molecule has 0 aromatic heterocycles. The number of hydrogen-bond donors (Lipinski definition) is 2. The van der Waals surface area contributed by atoms with Gasteiger partial charge in [-0.05, 0) is 55.9 Å². The molecule has 0 spiro atoms. The van der Waals surface area contributed by atoms with E-state index in [1.54, 1.807) is 13.8 Å². The average Bonchev–Trinajstić information content (AvgIpc) is 2.66. The first-order valence-electron chi connectivity index (χ1n) is 9.62. The van der Waals surface area contributed by atoms with Gasteiger partial charge in [0.2, 0.25) is 15.9 Å². The van der Waals surface area contributed by atoms with E-state index in [-0.39, 0.29) is 17.9 Å². The zero-order valence-corrected chi connectivity index (χ0v) is 16.8. The van der Waals surface area contributed by atoms with Crippen molar-refractivity contribution in [3.63, 3.8) is 0 Å². The van der Waals surface area contributed by atoms with Gasteiger partial charge in [0.05, 0.1) is 5.25 Å². The lowest BCUT2D eigenvalue weighted by Crippen LogP contribution is -2.43. The molecule has 0 atom stereocenters. The van der Waals surface area contributed by atoms with Crippen LogP contribution in [0.25, 0.3) is 10.8 Å². The minimum absolute atomic E-state index is 0.0419. The zero-order chi connectivity index (χ0) is 19.4. The van der Waals surface area contributed by atoms with Gasteiger partial charge in [-0.1, -0.05) is 42.5 Å². The molecule has 146 valence electrons. The van der Waals surface area contributed by atoms with Gasteiger partial charge in [0.15, 0.2) is 0 Å². The van der Waals surface area contributed by atoms with Crippen molar-refractivity contribution in [2.45, 2.75) is 57.4 Å². The molecule has 27 heavy (non-hydrogen) atoms. The maximum atomic E-state index is 12.6.